The van der Waals surface area contributed by atoms with Crippen molar-refractivity contribution >= 4 is 29.9 Å². The number of hydrogen-bond donors (Lipinski definition) is 3. The summed E-state index contributed by atoms with van der Waals surface area (Å²) >= 11 is 0. The van der Waals surface area contributed by atoms with Crippen LogP contribution in [0.3, 0.4) is 0 Å². The summed E-state index contributed by atoms with van der Waals surface area (Å²) in [6, 6.07) is 19.0. The molecule has 1 saturated heterocycles. The van der Waals surface area contributed by atoms with Crippen LogP contribution in [0.1, 0.15) is 36.5 Å². The number of piperidine rings is 1. The Hall–Kier alpha value is -1.68. The van der Waals surface area contributed by atoms with E-state index in [1.165, 1.54) is 16.7 Å². The number of likely N-dealkylation sites (tertiary alicyclic amines) is 1. The number of rotatable bonds is 10. The molecule has 0 bridgehead atoms. The molecule has 2 aromatic rings. The van der Waals surface area contributed by atoms with E-state index >= 15 is 0 Å². The molecule has 1 aliphatic rings. The quantitative estimate of drug-likeness (QED) is 0.232. The van der Waals surface area contributed by atoms with Crippen molar-refractivity contribution in [1.82, 2.24) is 15.5 Å². The molecule has 0 saturated carbocycles. The number of hydrogen-bond acceptors (Lipinski definition) is 4. The van der Waals surface area contributed by atoms with Crippen molar-refractivity contribution in [1.29, 1.82) is 0 Å². The third-order valence-electron chi connectivity index (χ3n) is 5.80. The average molecular weight is 567 g/mol. The van der Waals surface area contributed by atoms with E-state index in [1.54, 1.807) is 7.05 Å². The molecule has 182 valence electrons. The monoisotopic (exact) mass is 566 g/mol. The van der Waals surface area contributed by atoms with E-state index in [0.29, 0.717) is 19.1 Å². The third-order valence-corrected chi connectivity index (χ3v) is 5.80. The Morgan fingerprint density at radius 1 is 1.03 bits per heavy atom. The minimum Gasteiger partial charge on any atom is -0.393 e. The lowest BCUT2D eigenvalue weighted by atomic mass is 10.1. The zero-order valence-corrected chi connectivity index (χ0v) is 22.2. The van der Waals surface area contributed by atoms with Crippen LogP contribution in [0.5, 0.6) is 0 Å². The lowest BCUT2D eigenvalue weighted by molar-refractivity contribution is 0.0792. The van der Waals surface area contributed by atoms with Crippen LogP contribution in [0.25, 0.3) is 0 Å². The minimum absolute atomic E-state index is 0. The molecule has 7 heteroatoms. The molecule has 1 atom stereocenters. The van der Waals surface area contributed by atoms with E-state index < -0.39 is 0 Å². The maximum Gasteiger partial charge on any atom is 0.191 e. The van der Waals surface area contributed by atoms with Gasteiger partial charge in [0.05, 0.1) is 19.3 Å². The number of aliphatic hydroxyl groups is 1. The fourth-order valence-electron chi connectivity index (χ4n) is 3.79. The van der Waals surface area contributed by atoms with Gasteiger partial charge >= 0.3 is 0 Å². The van der Waals surface area contributed by atoms with Gasteiger partial charge in [0, 0.05) is 39.8 Å². The molecule has 3 rings (SSSR count). The van der Waals surface area contributed by atoms with Gasteiger partial charge in [-0.25, -0.2) is 0 Å². The van der Waals surface area contributed by atoms with E-state index in [-0.39, 0.29) is 30.1 Å². The van der Waals surface area contributed by atoms with Crippen molar-refractivity contribution in [3.8, 4) is 0 Å². The molecule has 1 heterocycles. The molecule has 33 heavy (non-hydrogen) atoms. The molecule has 0 spiro atoms. The van der Waals surface area contributed by atoms with Crippen molar-refractivity contribution in [2.75, 3.05) is 33.3 Å². The van der Waals surface area contributed by atoms with Crippen LogP contribution in [-0.4, -0.2) is 55.4 Å². The summed E-state index contributed by atoms with van der Waals surface area (Å²) in [5, 5.41) is 16.4. The van der Waals surface area contributed by atoms with Crippen LogP contribution in [0.4, 0.5) is 0 Å². The number of ether oxygens (including phenoxy) is 1. The average Bonchev–Trinajstić information content (AvgIpc) is 2.82. The topological polar surface area (TPSA) is 69.1 Å². The highest BCUT2D eigenvalue weighted by Gasteiger charge is 2.16. The first-order valence-electron chi connectivity index (χ1n) is 11.7. The molecule has 2 aromatic carbocycles. The van der Waals surface area contributed by atoms with Crippen LogP contribution in [0, 0.1) is 5.92 Å². The molecule has 1 aliphatic heterocycles. The first-order valence-corrected chi connectivity index (χ1v) is 11.7. The van der Waals surface area contributed by atoms with Crippen molar-refractivity contribution in [2.24, 2.45) is 10.9 Å². The normalized spacial score (nSPS) is 16.2. The lowest BCUT2D eigenvalue weighted by Gasteiger charge is -2.29. The van der Waals surface area contributed by atoms with Crippen molar-refractivity contribution in [3.05, 3.63) is 71.3 Å². The van der Waals surface area contributed by atoms with E-state index in [2.05, 4.69) is 63.8 Å². The summed E-state index contributed by atoms with van der Waals surface area (Å²) < 4.78 is 5.83. The molecule has 1 unspecified atom stereocenters. The summed E-state index contributed by atoms with van der Waals surface area (Å²) in [5.41, 5.74) is 3.74. The predicted molar refractivity (Wildman–Crippen MR) is 146 cm³/mol. The fourth-order valence-corrected chi connectivity index (χ4v) is 3.79. The fraction of sp³-hybridized carbons (Fsp3) is 0.500. The second-order valence-corrected chi connectivity index (χ2v) is 8.74. The Kier molecular flexibility index (Phi) is 12.8. The molecular weight excluding hydrogens is 527 g/mol. The summed E-state index contributed by atoms with van der Waals surface area (Å²) in [5.74, 6) is 1.18. The first kappa shape index (κ1) is 27.6. The Balaban J connectivity index is 0.00000385. The maximum absolute atomic E-state index is 9.65. The van der Waals surface area contributed by atoms with E-state index in [0.717, 1.165) is 51.5 Å². The van der Waals surface area contributed by atoms with Crippen molar-refractivity contribution < 1.29 is 9.84 Å². The molecule has 0 aliphatic carbocycles. The summed E-state index contributed by atoms with van der Waals surface area (Å²) in [6.07, 6.45) is 1.64. The van der Waals surface area contributed by atoms with Crippen LogP contribution < -0.4 is 10.6 Å². The van der Waals surface area contributed by atoms with Crippen LogP contribution in [0.15, 0.2) is 59.6 Å². The Labute approximate surface area is 215 Å². The van der Waals surface area contributed by atoms with Gasteiger partial charge in [0.2, 0.25) is 0 Å². The number of aliphatic imine (C=N–C) groups is 1. The Morgan fingerprint density at radius 3 is 2.36 bits per heavy atom. The SMILES string of the molecule is CN=C(NCc1ccc(CN2CCC(O)CC2)cc1)NCC(C)COCc1ccccc1.I. The lowest BCUT2D eigenvalue weighted by Crippen LogP contribution is -2.39. The van der Waals surface area contributed by atoms with Gasteiger partial charge in [0.25, 0.3) is 0 Å². The first-order chi connectivity index (χ1) is 15.6. The van der Waals surface area contributed by atoms with Gasteiger partial charge in [-0.05, 0) is 35.4 Å². The van der Waals surface area contributed by atoms with Gasteiger partial charge in [-0.3, -0.25) is 9.89 Å². The van der Waals surface area contributed by atoms with Gasteiger partial charge in [-0.15, -0.1) is 24.0 Å². The molecular formula is C26H39IN4O2. The standard InChI is InChI=1S/C26H38N4O2.HI/c1-21(19-32-20-24-6-4-3-5-7-24)16-28-26(27-2)29-17-22-8-10-23(11-9-22)18-30-14-12-25(31)13-15-30;/h3-11,21,25,31H,12-20H2,1-2H3,(H2,27,28,29);1H. The second kappa shape index (κ2) is 15.3. The van der Waals surface area contributed by atoms with E-state index in [9.17, 15) is 5.11 Å². The van der Waals surface area contributed by atoms with E-state index in [1.807, 2.05) is 18.2 Å². The number of nitrogens with zero attached hydrogens (tertiary/aromatic N) is 2. The number of nitrogens with one attached hydrogen (secondary N) is 2. The predicted octanol–water partition coefficient (Wildman–Crippen LogP) is 3.78. The molecule has 6 nitrogen and oxygen atoms in total. The van der Waals surface area contributed by atoms with Crippen LogP contribution >= 0.6 is 24.0 Å². The molecule has 3 N–H and O–H groups in total. The number of guanidine groups is 1. The highest BCUT2D eigenvalue weighted by molar-refractivity contribution is 14.0. The van der Waals surface area contributed by atoms with Gasteiger partial charge in [0.1, 0.15) is 0 Å². The highest BCUT2D eigenvalue weighted by atomic mass is 127. The number of aliphatic hydroxyl groups excluding tert-OH is 1. The van der Waals surface area contributed by atoms with Crippen molar-refractivity contribution in [2.45, 2.75) is 45.6 Å². The number of halogens is 1. The zero-order chi connectivity index (χ0) is 22.6. The van der Waals surface area contributed by atoms with E-state index in [4.69, 9.17) is 4.74 Å². The van der Waals surface area contributed by atoms with Gasteiger partial charge in [0.15, 0.2) is 5.96 Å². The van der Waals surface area contributed by atoms with Gasteiger partial charge in [-0.1, -0.05) is 61.5 Å². The van der Waals surface area contributed by atoms with Crippen LogP contribution in [-0.2, 0) is 24.4 Å². The number of benzene rings is 2. The molecule has 0 radical (unpaired) electrons. The Morgan fingerprint density at radius 2 is 1.70 bits per heavy atom. The smallest absolute Gasteiger partial charge is 0.191 e. The van der Waals surface area contributed by atoms with Gasteiger partial charge in [-0.2, -0.15) is 0 Å². The second-order valence-electron chi connectivity index (χ2n) is 8.74. The Bertz CT molecular complexity index is 809. The maximum atomic E-state index is 9.65. The largest absolute Gasteiger partial charge is 0.393 e. The summed E-state index contributed by atoms with van der Waals surface area (Å²) in [4.78, 5) is 6.74. The van der Waals surface area contributed by atoms with Crippen molar-refractivity contribution in [3.63, 3.8) is 0 Å². The third kappa shape index (κ3) is 10.4. The van der Waals surface area contributed by atoms with Crippen LogP contribution in [0.2, 0.25) is 0 Å². The zero-order valence-electron chi connectivity index (χ0n) is 19.9. The minimum atomic E-state index is -0.118. The highest BCUT2D eigenvalue weighted by Crippen LogP contribution is 2.14. The molecule has 0 aromatic heterocycles. The van der Waals surface area contributed by atoms with Gasteiger partial charge < -0.3 is 20.5 Å². The summed E-state index contributed by atoms with van der Waals surface area (Å²) in [6.45, 7) is 7.96. The summed E-state index contributed by atoms with van der Waals surface area (Å²) in [7, 11) is 1.80. The molecule has 0 amide bonds. The molecule has 1 fully saturated rings.